The first-order chi connectivity index (χ1) is 9.24. The number of hydrogen-bond acceptors (Lipinski definition) is 3. The second kappa shape index (κ2) is 4.33. The van der Waals surface area contributed by atoms with Gasteiger partial charge in [-0.1, -0.05) is 23.5 Å². The van der Waals surface area contributed by atoms with Gasteiger partial charge in [-0.05, 0) is 38.3 Å². The van der Waals surface area contributed by atoms with E-state index in [1.54, 1.807) is 6.92 Å². The fourth-order valence-corrected chi connectivity index (χ4v) is 3.91. The van der Waals surface area contributed by atoms with Crippen LogP contribution in [0.15, 0.2) is 12.1 Å². The van der Waals surface area contributed by atoms with E-state index in [2.05, 4.69) is 16.4 Å². The summed E-state index contributed by atoms with van der Waals surface area (Å²) in [6, 6.07) is 4.10. The second-order valence-electron chi connectivity index (χ2n) is 5.56. The fourth-order valence-electron chi connectivity index (χ4n) is 2.19. The number of hydrogen-bond donors (Lipinski definition) is 1. The van der Waals surface area contributed by atoms with Gasteiger partial charge in [-0.15, -0.1) is 23.2 Å². The Morgan fingerprint density at radius 2 is 1.95 bits per heavy atom. The first kappa shape index (κ1) is 14.1. The van der Waals surface area contributed by atoms with E-state index in [1.165, 1.54) is 11.3 Å². The molecule has 1 atom stereocenters. The Hall–Kier alpha value is -0.840. The third kappa shape index (κ3) is 2.01. The van der Waals surface area contributed by atoms with Crippen molar-refractivity contribution in [2.45, 2.75) is 31.5 Å². The Labute approximate surface area is 131 Å². The minimum Gasteiger partial charge on any atom is -0.301 e. The number of thiazole rings is 1. The van der Waals surface area contributed by atoms with Crippen molar-refractivity contribution in [3.05, 3.63) is 23.3 Å². The minimum atomic E-state index is -0.959. The Bertz CT molecular complexity index is 686. The Morgan fingerprint density at radius 3 is 2.50 bits per heavy atom. The van der Waals surface area contributed by atoms with E-state index in [1.807, 2.05) is 19.9 Å². The molecule has 1 aliphatic rings. The summed E-state index contributed by atoms with van der Waals surface area (Å²) in [6.45, 7) is 5.82. The third-order valence-corrected chi connectivity index (χ3v) is 6.13. The van der Waals surface area contributed by atoms with Crippen LogP contribution in [0, 0.1) is 19.3 Å². The van der Waals surface area contributed by atoms with Gasteiger partial charge in [0.1, 0.15) is 4.33 Å². The normalized spacial score (nSPS) is 23.9. The average molecular weight is 329 g/mol. The Kier molecular flexibility index (Phi) is 3.05. The molecule has 0 bridgehead atoms. The molecule has 1 aliphatic carbocycles. The standard InChI is InChI=1S/C14H14Cl2N2OS/c1-7-4-5-8(2)10-9(7)17-12(20-10)18-11(19)13(3)6-14(13,15)16/h4-5H,6H2,1-3H3,(H,17,18,19)/t13-/m1/s1. The van der Waals surface area contributed by atoms with Crippen molar-refractivity contribution in [2.75, 3.05) is 5.32 Å². The monoisotopic (exact) mass is 328 g/mol. The number of carbonyl (C=O) groups is 1. The van der Waals surface area contributed by atoms with E-state index in [4.69, 9.17) is 23.2 Å². The van der Waals surface area contributed by atoms with Crippen LogP contribution in [0.4, 0.5) is 5.13 Å². The van der Waals surface area contributed by atoms with E-state index in [9.17, 15) is 4.79 Å². The zero-order chi connectivity index (χ0) is 14.7. The van der Waals surface area contributed by atoms with Crippen molar-refractivity contribution in [3.63, 3.8) is 0 Å². The minimum absolute atomic E-state index is 0.170. The molecule has 20 heavy (non-hydrogen) atoms. The van der Waals surface area contributed by atoms with Gasteiger partial charge in [-0.3, -0.25) is 4.79 Å². The van der Waals surface area contributed by atoms with Gasteiger partial charge in [0.15, 0.2) is 5.13 Å². The van der Waals surface area contributed by atoms with Crippen molar-refractivity contribution >= 4 is 55.8 Å². The molecule has 0 aliphatic heterocycles. The first-order valence-electron chi connectivity index (χ1n) is 6.31. The maximum absolute atomic E-state index is 12.2. The zero-order valence-electron chi connectivity index (χ0n) is 11.4. The van der Waals surface area contributed by atoms with Gasteiger partial charge in [-0.25, -0.2) is 4.98 Å². The Balaban J connectivity index is 1.91. The molecule has 1 aromatic carbocycles. The highest BCUT2D eigenvalue weighted by atomic mass is 35.5. The number of rotatable bonds is 2. The summed E-state index contributed by atoms with van der Waals surface area (Å²) in [5, 5.41) is 3.44. The highest BCUT2D eigenvalue weighted by molar-refractivity contribution is 7.22. The number of amides is 1. The molecular formula is C14H14Cl2N2OS. The number of nitrogens with one attached hydrogen (secondary N) is 1. The van der Waals surface area contributed by atoms with Crippen molar-refractivity contribution in [1.82, 2.24) is 4.98 Å². The van der Waals surface area contributed by atoms with Gasteiger partial charge in [0, 0.05) is 0 Å². The summed E-state index contributed by atoms with van der Waals surface area (Å²) in [7, 11) is 0. The Morgan fingerprint density at radius 1 is 1.35 bits per heavy atom. The number of carbonyl (C=O) groups excluding carboxylic acids is 1. The summed E-state index contributed by atoms with van der Waals surface area (Å²) in [5.41, 5.74) is 2.47. The molecule has 6 heteroatoms. The number of anilines is 1. The van der Waals surface area contributed by atoms with E-state index in [0.717, 1.165) is 21.3 Å². The van der Waals surface area contributed by atoms with Gasteiger partial charge in [-0.2, -0.15) is 0 Å². The number of benzene rings is 1. The maximum atomic E-state index is 12.2. The number of aryl methyl sites for hydroxylation is 2. The lowest BCUT2D eigenvalue weighted by molar-refractivity contribution is -0.120. The quantitative estimate of drug-likeness (QED) is 0.828. The second-order valence-corrected chi connectivity index (χ2v) is 8.05. The molecule has 1 saturated carbocycles. The molecule has 1 fully saturated rings. The lowest BCUT2D eigenvalue weighted by Gasteiger charge is -2.10. The number of nitrogens with zero attached hydrogens (tertiary/aromatic N) is 1. The SMILES string of the molecule is Cc1ccc(C)c2sc(NC(=O)[C@@]3(C)CC3(Cl)Cl)nc12. The molecule has 106 valence electrons. The lowest BCUT2D eigenvalue weighted by Crippen LogP contribution is -2.25. The number of alkyl halides is 2. The predicted octanol–water partition coefficient (Wildman–Crippen LogP) is 4.44. The molecule has 3 rings (SSSR count). The van der Waals surface area contributed by atoms with Crippen LogP contribution in [-0.4, -0.2) is 15.2 Å². The average Bonchev–Trinajstić information content (AvgIpc) is 2.74. The third-order valence-electron chi connectivity index (χ3n) is 3.92. The van der Waals surface area contributed by atoms with Crippen LogP contribution in [0.3, 0.4) is 0 Å². The fraction of sp³-hybridized carbons (Fsp3) is 0.429. The van der Waals surface area contributed by atoms with Crippen molar-refractivity contribution in [2.24, 2.45) is 5.41 Å². The molecule has 3 nitrogen and oxygen atoms in total. The zero-order valence-corrected chi connectivity index (χ0v) is 13.7. The van der Waals surface area contributed by atoms with E-state index < -0.39 is 9.75 Å². The lowest BCUT2D eigenvalue weighted by atomic mass is 10.1. The molecule has 0 saturated heterocycles. The molecule has 2 aromatic rings. The van der Waals surface area contributed by atoms with Gasteiger partial charge in [0.25, 0.3) is 0 Å². The maximum Gasteiger partial charge on any atom is 0.235 e. The number of halogens is 2. The van der Waals surface area contributed by atoms with Crippen molar-refractivity contribution in [1.29, 1.82) is 0 Å². The van der Waals surface area contributed by atoms with E-state index in [0.29, 0.717) is 11.6 Å². The van der Waals surface area contributed by atoms with Crippen LogP contribution >= 0.6 is 34.5 Å². The summed E-state index contributed by atoms with van der Waals surface area (Å²) >= 11 is 13.5. The van der Waals surface area contributed by atoms with Gasteiger partial charge < -0.3 is 5.32 Å². The van der Waals surface area contributed by atoms with Gasteiger partial charge >= 0.3 is 0 Å². The molecular weight excluding hydrogens is 315 g/mol. The van der Waals surface area contributed by atoms with Crippen LogP contribution in [0.1, 0.15) is 24.5 Å². The van der Waals surface area contributed by atoms with Crippen molar-refractivity contribution in [3.8, 4) is 0 Å². The number of fused-ring (bicyclic) bond motifs is 1. The van der Waals surface area contributed by atoms with E-state index in [-0.39, 0.29) is 5.91 Å². The van der Waals surface area contributed by atoms with Gasteiger partial charge in [0.2, 0.25) is 5.91 Å². The molecule has 1 heterocycles. The summed E-state index contributed by atoms with van der Waals surface area (Å²) in [5.74, 6) is -0.170. The van der Waals surface area contributed by atoms with Crippen molar-refractivity contribution < 1.29 is 4.79 Å². The molecule has 1 aromatic heterocycles. The summed E-state index contributed by atoms with van der Waals surface area (Å²) in [4.78, 5) is 16.7. The smallest absolute Gasteiger partial charge is 0.235 e. The molecule has 0 unspecified atom stereocenters. The van der Waals surface area contributed by atoms with Crippen LogP contribution < -0.4 is 5.32 Å². The van der Waals surface area contributed by atoms with Crippen LogP contribution in [-0.2, 0) is 4.79 Å². The van der Waals surface area contributed by atoms with Gasteiger partial charge in [0.05, 0.1) is 15.6 Å². The molecule has 0 radical (unpaired) electrons. The highest BCUT2D eigenvalue weighted by Gasteiger charge is 2.68. The molecule has 1 amide bonds. The number of aromatic nitrogens is 1. The van der Waals surface area contributed by atoms with Crippen LogP contribution in [0.25, 0.3) is 10.2 Å². The summed E-state index contributed by atoms with van der Waals surface area (Å²) in [6.07, 6.45) is 0.470. The predicted molar refractivity (Wildman–Crippen MR) is 84.9 cm³/mol. The largest absolute Gasteiger partial charge is 0.301 e. The van der Waals surface area contributed by atoms with Crippen LogP contribution in [0.5, 0.6) is 0 Å². The molecule has 1 N–H and O–H groups in total. The topological polar surface area (TPSA) is 42.0 Å². The highest BCUT2D eigenvalue weighted by Crippen LogP contribution is 2.64. The van der Waals surface area contributed by atoms with E-state index >= 15 is 0 Å². The molecule has 0 spiro atoms. The van der Waals surface area contributed by atoms with Crippen LogP contribution in [0.2, 0.25) is 0 Å². The summed E-state index contributed by atoms with van der Waals surface area (Å²) < 4.78 is 0.142. The first-order valence-corrected chi connectivity index (χ1v) is 7.88.